The average molecular weight is 342 g/mol. The number of aromatic nitrogens is 1. The Bertz CT molecular complexity index is 768. The molecule has 130 valence electrons. The smallest absolute Gasteiger partial charge is 0.338 e. The highest BCUT2D eigenvalue weighted by molar-refractivity contribution is 5.89. The fourth-order valence-electron chi connectivity index (χ4n) is 2.95. The molecule has 2 aromatic rings. The quantitative estimate of drug-likeness (QED) is 0.512. The molecule has 0 radical (unpaired) electrons. The molecule has 1 fully saturated rings. The van der Waals surface area contributed by atoms with Crippen molar-refractivity contribution in [3.8, 4) is 0 Å². The third kappa shape index (κ3) is 3.92. The first-order valence-electron chi connectivity index (χ1n) is 7.89. The number of nitrogens with two attached hydrogens (primary N) is 1. The van der Waals surface area contributed by atoms with E-state index in [1.54, 1.807) is 35.2 Å². The van der Waals surface area contributed by atoms with Gasteiger partial charge in [0, 0.05) is 25.2 Å². The standard InChI is InChI=1S/C17H18N4O4/c18-13-8-14(25-17(22)12-4-2-1-3-5-12)11-20(10-13)15-6-7-19-9-16(15)21(23)24/h1-7,9,13-14H,8,10-11,18H2/t13-,14-/m0/s1. The minimum atomic E-state index is -0.479. The molecule has 25 heavy (non-hydrogen) atoms. The first kappa shape index (κ1) is 16.8. The number of piperidine rings is 1. The second-order valence-electron chi connectivity index (χ2n) is 5.92. The maximum atomic E-state index is 12.2. The van der Waals surface area contributed by atoms with Crippen molar-refractivity contribution >= 4 is 17.3 Å². The van der Waals surface area contributed by atoms with Gasteiger partial charge in [-0.15, -0.1) is 0 Å². The summed E-state index contributed by atoms with van der Waals surface area (Å²) in [4.78, 5) is 28.5. The summed E-state index contributed by atoms with van der Waals surface area (Å²) >= 11 is 0. The van der Waals surface area contributed by atoms with E-state index in [9.17, 15) is 14.9 Å². The highest BCUT2D eigenvalue weighted by Crippen LogP contribution is 2.29. The second kappa shape index (κ2) is 7.27. The Kier molecular flexibility index (Phi) is 4.90. The van der Waals surface area contributed by atoms with Crippen LogP contribution in [0, 0.1) is 10.1 Å². The monoisotopic (exact) mass is 342 g/mol. The lowest BCUT2D eigenvalue weighted by Crippen LogP contribution is -2.50. The maximum absolute atomic E-state index is 12.2. The number of benzene rings is 1. The molecule has 2 heterocycles. The first-order chi connectivity index (χ1) is 12.0. The predicted octanol–water partition coefficient (Wildman–Crippen LogP) is 1.75. The van der Waals surface area contributed by atoms with Crippen LogP contribution in [-0.4, -0.2) is 41.1 Å². The van der Waals surface area contributed by atoms with Crippen LogP contribution in [0.5, 0.6) is 0 Å². The molecule has 8 heteroatoms. The Hall–Kier alpha value is -3.00. The summed E-state index contributed by atoms with van der Waals surface area (Å²) < 4.78 is 5.55. The van der Waals surface area contributed by atoms with Gasteiger partial charge < -0.3 is 15.4 Å². The number of ether oxygens (including phenoxy) is 1. The van der Waals surface area contributed by atoms with Crippen molar-refractivity contribution < 1.29 is 14.5 Å². The van der Waals surface area contributed by atoms with Gasteiger partial charge >= 0.3 is 11.7 Å². The van der Waals surface area contributed by atoms with E-state index < -0.39 is 17.0 Å². The van der Waals surface area contributed by atoms with Crippen LogP contribution in [0.1, 0.15) is 16.8 Å². The Labute approximate surface area is 144 Å². The van der Waals surface area contributed by atoms with E-state index in [0.717, 1.165) is 0 Å². The molecule has 0 unspecified atom stereocenters. The van der Waals surface area contributed by atoms with E-state index in [1.165, 1.54) is 12.4 Å². The highest BCUT2D eigenvalue weighted by atomic mass is 16.6. The summed E-state index contributed by atoms with van der Waals surface area (Å²) in [5, 5.41) is 11.2. The van der Waals surface area contributed by atoms with Crippen LogP contribution >= 0.6 is 0 Å². The van der Waals surface area contributed by atoms with Crippen molar-refractivity contribution in [1.82, 2.24) is 4.98 Å². The maximum Gasteiger partial charge on any atom is 0.338 e. The Morgan fingerprint density at radius 2 is 2.04 bits per heavy atom. The van der Waals surface area contributed by atoms with Crippen LogP contribution in [0.2, 0.25) is 0 Å². The fraction of sp³-hybridized carbons (Fsp3) is 0.294. The molecule has 0 bridgehead atoms. The number of rotatable bonds is 4. The van der Waals surface area contributed by atoms with Gasteiger partial charge in [-0.1, -0.05) is 18.2 Å². The minimum absolute atomic E-state index is 0.0928. The van der Waals surface area contributed by atoms with Gasteiger partial charge in [-0.2, -0.15) is 0 Å². The molecule has 0 amide bonds. The van der Waals surface area contributed by atoms with Gasteiger partial charge in [0.25, 0.3) is 0 Å². The van der Waals surface area contributed by atoms with Crippen LogP contribution in [0.3, 0.4) is 0 Å². The van der Waals surface area contributed by atoms with E-state index >= 15 is 0 Å². The zero-order chi connectivity index (χ0) is 17.8. The molecule has 1 aliphatic rings. The lowest BCUT2D eigenvalue weighted by atomic mass is 10.0. The normalized spacial score (nSPS) is 20.1. The van der Waals surface area contributed by atoms with Gasteiger partial charge in [0.05, 0.1) is 17.0 Å². The van der Waals surface area contributed by atoms with E-state index in [1.807, 2.05) is 6.07 Å². The number of hydrogen-bond acceptors (Lipinski definition) is 7. The Balaban J connectivity index is 1.76. The molecule has 8 nitrogen and oxygen atoms in total. The topological polar surface area (TPSA) is 112 Å². The summed E-state index contributed by atoms with van der Waals surface area (Å²) in [5.74, 6) is -0.427. The molecule has 2 N–H and O–H groups in total. The van der Waals surface area contributed by atoms with E-state index in [2.05, 4.69) is 4.98 Å². The number of nitrogens with zero attached hydrogens (tertiary/aromatic N) is 3. The van der Waals surface area contributed by atoms with Crippen molar-refractivity contribution in [3.05, 3.63) is 64.5 Å². The molecule has 1 aromatic carbocycles. The third-order valence-corrected chi connectivity index (χ3v) is 4.04. The zero-order valence-electron chi connectivity index (χ0n) is 13.4. The molecule has 0 spiro atoms. The number of nitro groups is 1. The largest absolute Gasteiger partial charge is 0.457 e. The number of hydrogen-bond donors (Lipinski definition) is 1. The van der Waals surface area contributed by atoms with Crippen molar-refractivity contribution in [1.29, 1.82) is 0 Å². The lowest BCUT2D eigenvalue weighted by Gasteiger charge is -2.36. The number of pyridine rings is 1. The van der Waals surface area contributed by atoms with Crippen LogP contribution < -0.4 is 10.6 Å². The van der Waals surface area contributed by atoms with E-state index in [-0.39, 0.29) is 11.7 Å². The van der Waals surface area contributed by atoms with Gasteiger partial charge in [0.2, 0.25) is 0 Å². The summed E-state index contributed by atoms with van der Waals surface area (Å²) in [6, 6.07) is 10.0. The highest BCUT2D eigenvalue weighted by Gasteiger charge is 2.31. The van der Waals surface area contributed by atoms with Gasteiger partial charge in [0.1, 0.15) is 18.0 Å². The van der Waals surface area contributed by atoms with Crippen LogP contribution in [0.25, 0.3) is 0 Å². The summed E-state index contributed by atoms with van der Waals surface area (Å²) in [6.45, 7) is 0.793. The Morgan fingerprint density at radius 3 is 2.76 bits per heavy atom. The minimum Gasteiger partial charge on any atom is -0.457 e. The molecule has 0 saturated carbocycles. The van der Waals surface area contributed by atoms with Gasteiger partial charge in [0.15, 0.2) is 0 Å². The van der Waals surface area contributed by atoms with E-state index in [4.69, 9.17) is 10.5 Å². The van der Waals surface area contributed by atoms with Crippen LogP contribution in [0.4, 0.5) is 11.4 Å². The number of carbonyl (C=O) groups is 1. The van der Waals surface area contributed by atoms with Gasteiger partial charge in [-0.05, 0) is 18.2 Å². The Morgan fingerprint density at radius 1 is 1.28 bits per heavy atom. The molecule has 1 aliphatic heterocycles. The molecular formula is C17H18N4O4. The third-order valence-electron chi connectivity index (χ3n) is 4.04. The number of esters is 1. The van der Waals surface area contributed by atoms with Crippen molar-refractivity contribution in [2.45, 2.75) is 18.6 Å². The molecular weight excluding hydrogens is 324 g/mol. The molecule has 1 saturated heterocycles. The van der Waals surface area contributed by atoms with Gasteiger partial charge in [-0.25, -0.2) is 4.79 Å². The second-order valence-corrected chi connectivity index (χ2v) is 5.92. The predicted molar refractivity (Wildman–Crippen MR) is 91.3 cm³/mol. The first-order valence-corrected chi connectivity index (χ1v) is 7.89. The van der Waals surface area contributed by atoms with Crippen molar-refractivity contribution in [2.75, 3.05) is 18.0 Å². The molecule has 2 atom stereocenters. The van der Waals surface area contributed by atoms with Crippen LogP contribution in [0.15, 0.2) is 48.8 Å². The van der Waals surface area contributed by atoms with Crippen molar-refractivity contribution in [2.24, 2.45) is 5.73 Å². The number of anilines is 1. The number of carbonyl (C=O) groups excluding carboxylic acids is 1. The van der Waals surface area contributed by atoms with Crippen molar-refractivity contribution in [3.63, 3.8) is 0 Å². The summed E-state index contributed by atoms with van der Waals surface area (Å²) in [6.07, 6.45) is 2.77. The summed E-state index contributed by atoms with van der Waals surface area (Å²) in [5.41, 5.74) is 6.87. The molecule has 3 rings (SSSR count). The molecule has 1 aromatic heterocycles. The SMILES string of the molecule is N[C@H]1C[C@H](OC(=O)c2ccccc2)CN(c2ccncc2[N+](=O)[O-])C1. The van der Waals surface area contributed by atoms with E-state index in [0.29, 0.717) is 30.8 Å². The summed E-state index contributed by atoms with van der Waals surface area (Å²) in [7, 11) is 0. The molecule has 0 aliphatic carbocycles. The zero-order valence-corrected chi connectivity index (χ0v) is 13.4. The fourth-order valence-corrected chi connectivity index (χ4v) is 2.95. The van der Waals surface area contributed by atoms with Gasteiger partial charge in [-0.3, -0.25) is 15.1 Å². The average Bonchev–Trinajstić information content (AvgIpc) is 2.62. The van der Waals surface area contributed by atoms with Crippen LogP contribution in [-0.2, 0) is 4.74 Å². The lowest BCUT2D eigenvalue weighted by molar-refractivity contribution is -0.384.